The van der Waals surface area contributed by atoms with Gasteiger partial charge in [-0.2, -0.15) is 8.61 Å². The molecular formula is C24H29N3O7S2. The van der Waals surface area contributed by atoms with E-state index in [1.54, 1.807) is 12.1 Å². The van der Waals surface area contributed by atoms with Crippen LogP contribution in [-0.2, 0) is 29.6 Å². The lowest BCUT2D eigenvalue weighted by Crippen LogP contribution is -2.40. The van der Waals surface area contributed by atoms with Crippen LogP contribution in [0.5, 0.6) is 5.75 Å². The SMILES string of the molecule is O=C(C=Cc1ccc(S(=O)(=O)N2CCOCC2)cc1)Nc1cc(S(=O)(=O)N2CCCCC2)ccc1O. The molecule has 0 atom stereocenters. The van der Waals surface area contributed by atoms with Crippen molar-refractivity contribution in [2.75, 3.05) is 44.7 Å². The van der Waals surface area contributed by atoms with E-state index in [-0.39, 0.29) is 21.2 Å². The molecule has 194 valence electrons. The Morgan fingerprint density at radius 2 is 1.42 bits per heavy atom. The van der Waals surface area contributed by atoms with Crippen molar-refractivity contribution in [3.8, 4) is 5.75 Å². The van der Waals surface area contributed by atoms with Gasteiger partial charge < -0.3 is 15.2 Å². The number of nitrogens with zero attached hydrogens (tertiary/aromatic N) is 2. The number of carbonyl (C=O) groups excluding carboxylic acids is 1. The number of phenolic OH excluding ortho intramolecular Hbond substituents is 1. The molecule has 0 aromatic heterocycles. The van der Waals surface area contributed by atoms with E-state index in [4.69, 9.17) is 4.74 Å². The third-order valence-corrected chi connectivity index (χ3v) is 9.90. The van der Waals surface area contributed by atoms with Gasteiger partial charge >= 0.3 is 0 Å². The first kappa shape index (κ1) is 26.3. The molecule has 2 saturated heterocycles. The van der Waals surface area contributed by atoms with Gasteiger partial charge in [0.25, 0.3) is 0 Å². The van der Waals surface area contributed by atoms with Gasteiger partial charge in [0.2, 0.25) is 26.0 Å². The van der Waals surface area contributed by atoms with Crippen LogP contribution < -0.4 is 5.32 Å². The van der Waals surface area contributed by atoms with Crippen LogP contribution >= 0.6 is 0 Å². The lowest BCUT2D eigenvalue weighted by atomic mass is 10.2. The summed E-state index contributed by atoms with van der Waals surface area (Å²) in [6.07, 6.45) is 5.29. The molecule has 4 rings (SSSR count). The van der Waals surface area contributed by atoms with Crippen molar-refractivity contribution in [1.82, 2.24) is 8.61 Å². The van der Waals surface area contributed by atoms with Gasteiger partial charge in [-0.1, -0.05) is 18.6 Å². The van der Waals surface area contributed by atoms with Crippen molar-refractivity contribution in [1.29, 1.82) is 0 Å². The van der Waals surface area contributed by atoms with Crippen LogP contribution in [0.15, 0.2) is 58.3 Å². The standard InChI is InChI=1S/C24H29N3O7S2/c28-23-10-9-21(36(32,33)26-12-2-1-3-13-26)18-22(23)25-24(29)11-6-19-4-7-20(8-5-19)35(30,31)27-14-16-34-17-15-27/h4-11,18,28H,1-3,12-17H2,(H,25,29). The first-order valence-corrected chi connectivity index (χ1v) is 14.6. The minimum absolute atomic E-state index is 0.00135. The number of aromatic hydroxyl groups is 1. The molecule has 2 aromatic rings. The Kier molecular flexibility index (Phi) is 8.10. The van der Waals surface area contributed by atoms with Crippen molar-refractivity contribution < 1.29 is 31.5 Å². The van der Waals surface area contributed by atoms with Crippen LogP contribution in [0.2, 0.25) is 0 Å². The molecule has 2 aliphatic heterocycles. The minimum atomic E-state index is -3.72. The van der Waals surface area contributed by atoms with E-state index in [0.29, 0.717) is 45.0 Å². The zero-order valence-electron chi connectivity index (χ0n) is 19.7. The van der Waals surface area contributed by atoms with Gasteiger partial charge in [-0.3, -0.25) is 4.79 Å². The summed E-state index contributed by atoms with van der Waals surface area (Å²) < 4.78 is 59.3. The number of morpholine rings is 1. The van der Waals surface area contributed by atoms with Crippen molar-refractivity contribution >= 4 is 37.7 Å². The van der Waals surface area contributed by atoms with Crippen molar-refractivity contribution in [2.24, 2.45) is 0 Å². The maximum absolute atomic E-state index is 12.9. The number of hydrogen-bond donors (Lipinski definition) is 2. The number of hydrogen-bond acceptors (Lipinski definition) is 7. The number of phenols is 1. The normalized spacial score (nSPS) is 18.3. The zero-order chi connectivity index (χ0) is 25.8. The van der Waals surface area contributed by atoms with E-state index in [0.717, 1.165) is 19.3 Å². The number of amides is 1. The Bertz CT molecular complexity index is 1330. The van der Waals surface area contributed by atoms with E-state index in [1.165, 1.54) is 51.1 Å². The summed E-state index contributed by atoms with van der Waals surface area (Å²) in [4.78, 5) is 12.6. The van der Waals surface area contributed by atoms with Gasteiger partial charge in [-0.25, -0.2) is 16.8 Å². The average molecular weight is 536 g/mol. The second kappa shape index (κ2) is 11.1. The van der Waals surface area contributed by atoms with Crippen LogP contribution in [0.25, 0.3) is 6.08 Å². The molecule has 1 amide bonds. The third kappa shape index (κ3) is 5.95. The van der Waals surface area contributed by atoms with Crippen LogP contribution in [0.1, 0.15) is 24.8 Å². The fraction of sp³-hybridized carbons (Fsp3) is 0.375. The van der Waals surface area contributed by atoms with E-state index in [1.807, 2.05) is 0 Å². The number of piperidine rings is 1. The zero-order valence-corrected chi connectivity index (χ0v) is 21.3. The van der Waals surface area contributed by atoms with Crippen LogP contribution in [0, 0.1) is 0 Å². The molecule has 0 spiro atoms. The molecule has 2 aliphatic rings. The van der Waals surface area contributed by atoms with Crippen LogP contribution in [0.4, 0.5) is 5.69 Å². The van der Waals surface area contributed by atoms with Gasteiger partial charge in [0.1, 0.15) is 5.75 Å². The quantitative estimate of drug-likeness (QED) is 0.410. The second-order valence-electron chi connectivity index (χ2n) is 8.55. The highest BCUT2D eigenvalue weighted by Crippen LogP contribution is 2.29. The van der Waals surface area contributed by atoms with Crippen molar-refractivity contribution in [3.63, 3.8) is 0 Å². The Morgan fingerprint density at radius 1 is 0.833 bits per heavy atom. The molecule has 0 saturated carbocycles. The maximum Gasteiger partial charge on any atom is 0.248 e. The fourth-order valence-corrected chi connectivity index (χ4v) is 7.02. The largest absolute Gasteiger partial charge is 0.506 e. The highest BCUT2D eigenvalue weighted by Gasteiger charge is 2.27. The molecule has 10 nitrogen and oxygen atoms in total. The lowest BCUT2D eigenvalue weighted by Gasteiger charge is -2.26. The lowest BCUT2D eigenvalue weighted by molar-refractivity contribution is -0.111. The molecule has 0 radical (unpaired) electrons. The molecular weight excluding hydrogens is 506 g/mol. The highest BCUT2D eigenvalue weighted by atomic mass is 32.2. The number of ether oxygens (including phenoxy) is 1. The number of anilines is 1. The first-order valence-electron chi connectivity index (χ1n) is 11.7. The van der Waals surface area contributed by atoms with Crippen molar-refractivity contribution in [2.45, 2.75) is 29.1 Å². The molecule has 0 bridgehead atoms. The molecule has 12 heteroatoms. The summed E-state index contributed by atoms with van der Waals surface area (Å²) >= 11 is 0. The van der Waals surface area contributed by atoms with Crippen molar-refractivity contribution in [3.05, 3.63) is 54.1 Å². The monoisotopic (exact) mass is 535 g/mol. The van der Waals surface area contributed by atoms with Gasteiger partial charge in [0.15, 0.2) is 0 Å². The van der Waals surface area contributed by atoms with Gasteiger partial charge in [-0.15, -0.1) is 0 Å². The van der Waals surface area contributed by atoms with Crippen LogP contribution in [-0.4, -0.2) is 75.9 Å². The minimum Gasteiger partial charge on any atom is -0.506 e. The Morgan fingerprint density at radius 3 is 2.08 bits per heavy atom. The molecule has 2 aromatic carbocycles. The summed E-state index contributed by atoms with van der Waals surface area (Å²) in [5.74, 6) is -0.838. The van der Waals surface area contributed by atoms with Crippen LogP contribution in [0.3, 0.4) is 0 Å². The topological polar surface area (TPSA) is 133 Å². The summed E-state index contributed by atoms with van der Waals surface area (Å²) in [5.41, 5.74) is 0.575. The number of rotatable bonds is 7. The maximum atomic E-state index is 12.9. The van der Waals surface area contributed by atoms with E-state index in [9.17, 15) is 26.7 Å². The third-order valence-electron chi connectivity index (χ3n) is 6.09. The molecule has 36 heavy (non-hydrogen) atoms. The first-order chi connectivity index (χ1) is 17.2. The number of carbonyl (C=O) groups is 1. The van der Waals surface area contributed by atoms with E-state index < -0.39 is 26.0 Å². The average Bonchev–Trinajstić information content (AvgIpc) is 2.90. The number of nitrogens with one attached hydrogen (secondary N) is 1. The molecule has 2 fully saturated rings. The molecule has 0 unspecified atom stereocenters. The van der Waals surface area contributed by atoms with Gasteiger partial charge in [-0.05, 0) is 54.8 Å². The highest BCUT2D eigenvalue weighted by molar-refractivity contribution is 7.89. The van der Waals surface area contributed by atoms with E-state index >= 15 is 0 Å². The van der Waals surface area contributed by atoms with E-state index in [2.05, 4.69) is 5.32 Å². The predicted molar refractivity (Wildman–Crippen MR) is 134 cm³/mol. The molecule has 0 aliphatic carbocycles. The summed E-state index contributed by atoms with van der Waals surface area (Å²) in [6.45, 7) is 2.21. The smallest absolute Gasteiger partial charge is 0.248 e. The fourth-order valence-electron chi connectivity index (χ4n) is 4.06. The summed E-state index contributed by atoms with van der Waals surface area (Å²) in [7, 11) is -7.33. The molecule has 2 heterocycles. The van der Waals surface area contributed by atoms with Gasteiger partial charge in [0.05, 0.1) is 28.7 Å². The number of sulfonamides is 2. The Hall–Kier alpha value is -2.77. The Labute approximate surface area is 211 Å². The Balaban J connectivity index is 1.43. The molecule has 2 N–H and O–H groups in total. The second-order valence-corrected chi connectivity index (χ2v) is 12.4. The van der Waals surface area contributed by atoms with Gasteiger partial charge in [0, 0.05) is 32.3 Å². The summed E-state index contributed by atoms with van der Waals surface area (Å²) in [6, 6.07) is 9.92. The summed E-state index contributed by atoms with van der Waals surface area (Å²) in [5, 5.41) is 12.6. The predicted octanol–water partition coefficient (Wildman–Crippen LogP) is 2.24. The number of benzene rings is 2.